The van der Waals surface area contributed by atoms with Crippen LogP contribution in [0.1, 0.15) is 19.3 Å². The summed E-state index contributed by atoms with van der Waals surface area (Å²) in [7, 11) is 4.08. The third kappa shape index (κ3) is 6.85. The van der Waals surface area contributed by atoms with Gasteiger partial charge in [0.2, 0.25) is 0 Å². The lowest BCUT2D eigenvalue weighted by Gasteiger charge is -2.22. The number of hydrogen-bond donors (Lipinski definition) is 2. The van der Waals surface area contributed by atoms with E-state index in [4.69, 9.17) is 10.8 Å². The van der Waals surface area contributed by atoms with Crippen LogP contribution in [0.4, 0.5) is 0 Å². The van der Waals surface area contributed by atoms with Gasteiger partial charge in [-0.3, -0.25) is 0 Å². The van der Waals surface area contributed by atoms with E-state index in [1.807, 2.05) is 14.1 Å². The Balaban J connectivity index is 0. The molecule has 1 unspecified atom stereocenters. The van der Waals surface area contributed by atoms with Gasteiger partial charge in [-0.15, -0.1) is 12.4 Å². The highest BCUT2D eigenvalue weighted by Gasteiger charge is 2.08. The van der Waals surface area contributed by atoms with Gasteiger partial charge in [0.05, 0.1) is 0 Å². The maximum atomic E-state index is 8.73. The molecular formula is C8H21ClN2O. The lowest BCUT2D eigenvalue weighted by atomic mass is 10.1. The summed E-state index contributed by atoms with van der Waals surface area (Å²) >= 11 is 0. The number of nitrogens with two attached hydrogens (primary N) is 1. The molecule has 0 saturated carbocycles. The Morgan fingerprint density at radius 2 is 1.92 bits per heavy atom. The van der Waals surface area contributed by atoms with Gasteiger partial charge in [-0.25, -0.2) is 0 Å². The first-order valence-corrected chi connectivity index (χ1v) is 4.19. The highest BCUT2D eigenvalue weighted by Crippen LogP contribution is 2.06. The van der Waals surface area contributed by atoms with Crippen LogP contribution in [0, 0.1) is 0 Å². The van der Waals surface area contributed by atoms with E-state index in [9.17, 15) is 0 Å². The molecule has 0 aromatic carbocycles. The summed E-state index contributed by atoms with van der Waals surface area (Å²) in [5.41, 5.74) is 5.39. The number of halogens is 1. The normalized spacial score (nSPS) is 12.8. The lowest BCUT2D eigenvalue weighted by molar-refractivity contribution is 0.200. The minimum atomic E-state index is 0. The van der Waals surface area contributed by atoms with Crippen molar-refractivity contribution in [3.63, 3.8) is 0 Å². The van der Waals surface area contributed by atoms with Gasteiger partial charge in [-0.2, -0.15) is 0 Å². The second kappa shape index (κ2) is 9.26. The SMILES string of the molecule is CN(C)C(CCO)CCCN.Cl. The first-order valence-electron chi connectivity index (χ1n) is 4.19. The average molecular weight is 197 g/mol. The summed E-state index contributed by atoms with van der Waals surface area (Å²) in [6, 6.07) is 0.489. The number of hydrogen-bond acceptors (Lipinski definition) is 3. The van der Waals surface area contributed by atoms with E-state index in [2.05, 4.69) is 4.90 Å². The zero-order valence-electron chi connectivity index (χ0n) is 7.99. The van der Waals surface area contributed by atoms with Crippen LogP contribution in [-0.4, -0.2) is 43.3 Å². The van der Waals surface area contributed by atoms with Crippen molar-refractivity contribution in [2.75, 3.05) is 27.2 Å². The molecule has 12 heavy (non-hydrogen) atoms. The molecule has 0 radical (unpaired) electrons. The number of rotatable bonds is 6. The average Bonchev–Trinajstić information content (AvgIpc) is 1.97. The quantitative estimate of drug-likeness (QED) is 0.649. The molecule has 0 fully saturated rings. The van der Waals surface area contributed by atoms with Crippen molar-refractivity contribution < 1.29 is 5.11 Å². The molecule has 0 heterocycles. The molecule has 3 N–H and O–H groups in total. The molecule has 0 saturated heterocycles. The van der Waals surface area contributed by atoms with E-state index < -0.39 is 0 Å². The van der Waals surface area contributed by atoms with Gasteiger partial charge in [0.1, 0.15) is 0 Å². The van der Waals surface area contributed by atoms with Gasteiger partial charge in [0.15, 0.2) is 0 Å². The predicted octanol–water partition coefficient (Wildman–Crippen LogP) is 0.460. The minimum Gasteiger partial charge on any atom is -0.396 e. The van der Waals surface area contributed by atoms with Crippen LogP contribution in [0.25, 0.3) is 0 Å². The zero-order chi connectivity index (χ0) is 8.69. The van der Waals surface area contributed by atoms with Gasteiger partial charge < -0.3 is 15.7 Å². The molecule has 0 spiro atoms. The Kier molecular flexibility index (Phi) is 11.3. The summed E-state index contributed by atoms with van der Waals surface area (Å²) in [5.74, 6) is 0. The van der Waals surface area contributed by atoms with Crippen LogP contribution < -0.4 is 5.73 Å². The fraction of sp³-hybridized carbons (Fsp3) is 1.00. The highest BCUT2D eigenvalue weighted by atomic mass is 35.5. The zero-order valence-corrected chi connectivity index (χ0v) is 8.81. The monoisotopic (exact) mass is 196 g/mol. The Morgan fingerprint density at radius 3 is 2.25 bits per heavy atom. The van der Waals surface area contributed by atoms with Crippen molar-refractivity contribution in [1.82, 2.24) is 4.90 Å². The molecule has 0 aliphatic heterocycles. The first-order chi connectivity index (χ1) is 5.22. The molecule has 0 aliphatic carbocycles. The first kappa shape index (κ1) is 14.7. The van der Waals surface area contributed by atoms with Crippen LogP contribution in [0.5, 0.6) is 0 Å². The molecule has 0 bridgehead atoms. The standard InChI is InChI=1S/C8H20N2O.ClH/c1-10(2)8(5-7-11)4-3-6-9;/h8,11H,3-7,9H2,1-2H3;1H. The van der Waals surface area contributed by atoms with E-state index in [1.54, 1.807) is 0 Å². The maximum absolute atomic E-state index is 8.73. The topological polar surface area (TPSA) is 49.5 Å². The molecule has 1 atom stereocenters. The van der Waals surface area contributed by atoms with Crippen LogP contribution in [-0.2, 0) is 0 Å². The second-order valence-corrected chi connectivity index (χ2v) is 3.06. The summed E-state index contributed by atoms with van der Waals surface area (Å²) in [5, 5.41) is 8.73. The van der Waals surface area contributed by atoms with Gasteiger partial charge >= 0.3 is 0 Å². The Morgan fingerprint density at radius 1 is 1.33 bits per heavy atom. The van der Waals surface area contributed by atoms with Crippen molar-refractivity contribution >= 4 is 12.4 Å². The Labute approximate surface area is 81.3 Å². The predicted molar refractivity (Wildman–Crippen MR) is 54.7 cm³/mol. The van der Waals surface area contributed by atoms with Crippen LogP contribution >= 0.6 is 12.4 Å². The van der Waals surface area contributed by atoms with Crippen molar-refractivity contribution in [3.05, 3.63) is 0 Å². The van der Waals surface area contributed by atoms with Crippen LogP contribution in [0.3, 0.4) is 0 Å². The van der Waals surface area contributed by atoms with Crippen LogP contribution in [0.15, 0.2) is 0 Å². The van der Waals surface area contributed by atoms with E-state index in [-0.39, 0.29) is 19.0 Å². The van der Waals surface area contributed by atoms with Crippen molar-refractivity contribution in [3.8, 4) is 0 Å². The molecule has 0 aromatic rings. The largest absolute Gasteiger partial charge is 0.396 e. The maximum Gasteiger partial charge on any atom is 0.0445 e. The van der Waals surface area contributed by atoms with Gasteiger partial charge in [0, 0.05) is 12.6 Å². The summed E-state index contributed by atoms with van der Waals surface area (Å²) in [6.45, 7) is 1.02. The van der Waals surface area contributed by atoms with Crippen molar-refractivity contribution in [2.24, 2.45) is 5.73 Å². The van der Waals surface area contributed by atoms with E-state index in [0.29, 0.717) is 6.04 Å². The fourth-order valence-corrected chi connectivity index (χ4v) is 1.16. The minimum absolute atomic E-state index is 0. The third-order valence-corrected chi connectivity index (χ3v) is 1.93. The number of nitrogens with zero attached hydrogens (tertiary/aromatic N) is 1. The Hall–Kier alpha value is 0.170. The van der Waals surface area contributed by atoms with Gasteiger partial charge in [-0.05, 0) is 39.9 Å². The molecule has 0 rings (SSSR count). The van der Waals surface area contributed by atoms with Gasteiger partial charge in [0.25, 0.3) is 0 Å². The molecule has 0 amide bonds. The molecule has 76 valence electrons. The number of aliphatic hydroxyl groups is 1. The Bertz CT molecular complexity index is 91.1. The molecule has 4 heteroatoms. The summed E-state index contributed by atoms with van der Waals surface area (Å²) in [4.78, 5) is 2.14. The van der Waals surface area contributed by atoms with E-state index in [0.717, 1.165) is 25.8 Å². The fourth-order valence-electron chi connectivity index (χ4n) is 1.16. The second-order valence-electron chi connectivity index (χ2n) is 3.06. The molecule has 3 nitrogen and oxygen atoms in total. The van der Waals surface area contributed by atoms with Crippen molar-refractivity contribution in [2.45, 2.75) is 25.3 Å². The third-order valence-electron chi connectivity index (χ3n) is 1.93. The summed E-state index contributed by atoms with van der Waals surface area (Å²) < 4.78 is 0. The van der Waals surface area contributed by atoms with Crippen molar-refractivity contribution in [1.29, 1.82) is 0 Å². The molecular weight excluding hydrogens is 176 g/mol. The lowest BCUT2D eigenvalue weighted by Crippen LogP contribution is -2.29. The molecule has 0 aliphatic rings. The smallest absolute Gasteiger partial charge is 0.0445 e. The number of aliphatic hydroxyl groups excluding tert-OH is 1. The highest BCUT2D eigenvalue weighted by molar-refractivity contribution is 5.85. The van der Waals surface area contributed by atoms with Gasteiger partial charge in [-0.1, -0.05) is 0 Å². The summed E-state index contributed by atoms with van der Waals surface area (Å²) in [6.07, 6.45) is 2.99. The van der Waals surface area contributed by atoms with E-state index >= 15 is 0 Å². The van der Waals surface area contributed by atoms with Crippen LogP contribution in [0.2, 0.25) is 0 Å². The van der Waals surface area contributed by atoms with E-state index in [1.165, 1.54) is 0 Å². The molecule has 0 aromatic heterocycles.